The molecule has 2 rings (SSSR count). The minimum atomic E-state index is -0.0440. The summed E-state index contributed by atoms with van der Waals surface area (Å²) in [6.45, 7) is 6.11. The first-order valence-corrected chi connectivity index (χ1v) is 8.33. The molecular formula is C15H18ClN3O2S. The summed E-state index contributed by atoms with van der Waals surface area (Å²) in [7, 11) is 0. The van der Waals surface area contributed by atoms with Gasteiger partial charge in [-0.15, -0.1) is 10.2 Å². The number of nitrogens with zero attached hydrogens (tertiary/aromatic N) is 2. The average molecular weight is 340 g/mol. The number of hydrogen-bond donors (Lipinski definition) is 1. The van der Waals surface area contributed by atoms with E-state index in [2.05, 4.69) is 29.4 Å². The highest BCUT2D eigenvalue weighted by atomic mass is 35.5. The number of hydrogen-bond acceptors (Lipinski definition) is 5. The second kappa shape index (κ2) is 7.65. The molecule has 0 aliphatic carbocycles. The van der Waals surface area contributed by atoms with Gasteiger partial charge in [0.05, 0.1) is 5.75 Å². The summed E-state index contributed by atoms with van der Waals surface area (Å²) < 4.78 is 5.53. The van der Waals surface area contributed by atoms with E-state index >= 15 is 0 Å². The Morgan fingerprint density at radius 1 is 1.27 bits per heavy atom. The third kappa shape index (κ3) is 4.74. The van der Waals surface area contributed by atoms with Gasteiger partial charge in [0.25, 0.3) is 5.22 Å². The van der Waals surface area contributed by atoms with Crippen molar-refractivity contribution in [2.45, 2.75) is 32.0 Å². The van der Waals surface area contributed by atoms with Gasteiger partial charge < -0.3 is 9.73 Å². The first-order valence-electron chi connectivity index (χ1n) is 6.97. The van der Waals surface area contributed by atoms with Crippen LogP contribution in [0.5, 0.6) is 0 Å². The molecular weight excluding hydrogens is 322 g/mol. The lowest BCUT2D eigenvalue weighted by Gasteiger charge is -2.16. The lowest BCUT2D eigenvalue weighted by Crippen LogP contribution is -2.37. The van der Waals surface area contributed by atoms with E-state index in [9.17, 15) is 4.79 Å². The summed E-state index contributed by atoms with van der Waals surface area (Å²) in [5.41, 5.74) is 0.793. The first kappa shape index (κ1) is 16.8. The van der Waals surface area contributed by atoms with E-state index < -0.39 is 0 Å². The Balaban J connectivity index is 1.90. The summed E-state index contributed by atoms with van der Waals surface area (Å²) in [6, 6.07) is 7.27. The van der Waals surface area contributed by atoms with Crippen LogP contribution >= 0.6 is 23.4 Å². The summed E-state index contributed by atoms with van der Waals surface area (Å²) in [5.74, 6) is 1.01. The van der Waals surface area contributed by atoms with Crippen LogP contribution in [0.1, 0.15) is 20.8 Å². The Hall–Kier alpha value is -1.53. The molecule has 0 aliphatic heterocycles. The Bertz CT molecular complexity index is 628. The van der Waals surface area contributed by atoms with E-state index in [0.717, 1.165) is 5.56 Å². The van der Waals surface area contributed by atoms with E-state index in [-0.39, 0.29) is 17.7 Å². The zero-order chi connectivity index (χ0) is 16.1. The summed E-state index contributed by atoms with van der Waals surface area (Å²) in [6.07, 6.45) is 0. The fraction of sp³-hybridized carbons (Fsp3) is 0.400. The number of aromatic nitrogens is 2. The Morgan fingerprint density at radius 3 is 2.59 bits per heavy atom. The van der Waals surface area contributed by atoms with Crippen molar-refractivity contribution >= 4 is 29.3 Å². The van der Waals surface area contributed by atoms with Crippen molar-refractivity contribution in [3.63, 3.8) is 0 Å². The lowest BCUT2D eigenvalue weighted by atomic mass is 10.1. The van der Waals surface area contributed by atoms with E-state index in [1.54, 1.807) is 24.3 Å². The quantitative estimate of drug-likeness (QED) is 0.814. The van der Waals surface area contributed by atoms with Gasteiger partial charge in [0, 0.05) is 16.6 Å². The molecule has 2 aromatic rings. The van der Waals surface area contributed by atoms with Gasteiger partial charge >= 0.3 is 0 Å². The molecule has 0 saturated heterocycles. The minimum absolute atomic E-state index is 0.0440. The highest BCUT2D eigenvalue weighted by Gasteiger charge is 2.14. The van der Waals surface area contributed by atoms with E-state index in [0.29, 0.717) is 22.1 Å². The molecule has 1 aromatic carbocycles. The van der Waals surface area contributed by atoms with Gasteiger partial charge in [-0.1, -0.05) is 37.2 Å². The van der Waals surface area contributed by atoms with Crippen molar-refractivity contribution in [1.29, 1.82) is 0 Å². The number of rotatable bonds is 6. The number of thioether (sulfide) groups is 1. The molecule has 1 heterocycles. The van der Waals surface area contributed by atoms with Crippen molar-refractivity contribution in [2.24, 2.45) is 5.92 Å². The zero-order valence-corrected chi connectivity index (χ0v) is 14.2. The van der Waals surface area contributed by atoms with Crippen molar-refractivity contribution in [3.05, 3.63) is 29.3 Å². The Morgan fingerprint density at radius 2 is 1.95 bits per heavy atom. The smallest absolute Gasteiger partial charge is 0.277 e. The van der Waals surface area contributed by atoms with Crippen LogP contribution in [0, 0.1) is 5.92 Å². The van der Waals surface area contributed by atoms with Crippen LogP contribution in [-0.2, 0) is 4.79 Å². The van der Waals surface area contributed by atoms with Crippen LogP contribution in [0.4, 0.5) is 0 Å². The fourth-order valence-corrected chi connectivity index (χ4v) is 2.27. The second-order valence-corrected chi connectivity index (χ2v) is 6.63. The molecule has 1 N–H and O–H groups in total. The van der Waals surface area contributed by atoms with E-state index in [1.165, 1.54) is 11.8 Å². The second-order valence-electron chi connectivity index (χ2n) is 5.27. The predicted molar refractivity (Wildman–Crippen MR) is 87.9 cm³/mol. The largest absolute Gasteiger partial charge is 0.411 e. The highest BCUT2D eigenvalue weighted by Crippen LogP contribution is 2.24. The van der Waals surface area contributed by atoms with Gasteiger partial charge in [0.15, 0.2) is 0 Å². The normalized spacial score (nSPS) is 12.4. The van der Waals surface area contributed by atoms with E-state index in [1.807, 2.05) is 6.92 Å². The minimum Gasteiger partial charge on any atom is -0.411 e. The van der Waals surface area contributed by atoms with Crippen LogP contribution in [0.15, 0.2) is 33.9 Å². The first-order chi connectivity index (χ1) is 10.5. The lowest BCUT2D eigenvalue weighted by molar-refractivity contribution is -0.119. The molecule has 0 spiro atoms. The van der Waals surface area contributed by atoms with Crippen molar-refractivity contribution in [3.8, 4) is 11.5 Å². The molecule has 22 heavy (non-hydrogen) atoms. The van der Waals surface area contributed by atoms with Crippen LogP contribution in [-0.4, -0.2) is 27.9 Å². The third-order valence-electron chi connectivity index (χ3n) is 3.21. The molecule has 0 bridgehead atoms. The predicted octanol–water partition coefficient (Wildman–Crippen LogP) is 3.64. The number of benzene rings is 1. The number of carbonyl (C=O) groups excluding carboxylic acids is 1. The number of amides is 1. The van der Waals surface area contributed by atoms with Crippen molar-refractivity contribution < 1.29 is 9.21 Å². The third-order valence-corrected chi connectivity index (χ3v) is 4.28. The molecule has 1 aromatic heterocycles. The van der Waals surface area contributed by atoms with Gasteiger partial charge in [-0.3, -0.25) is 4.79 Å². The molecule has 0 fully saturated rings. The molecule has 0 radical (unpaired) electrons. The highest BCUT2D eigenvalue weighted by molar-refractivity contribution is 7.99. The molecule has 1 amide bonds. The van der Waals surface area contributed by atoms with Crippen LogP contribution < -0.4 is 5.32 Å². The van der Waals surface area contributed by atoms with Gasteiger partial charge in [-0.05, 0) is 37.1 Å². The summed E-state index contributed by atoms with van der Waals surface area (Å²) >= 11 is 7.06. The topological polar surface area (TPSA) is 68.0 Å². The number of halogens is 1. The molecule has 0 aliphatic rings. The summed E-state index contributed by atoms with van der Waals surface area (Å²) in [5, 5.41) is 11.9. The Kier molecular flexibility index (Phi) is 5.85. The molecule has 118 valence electrons. The standard InChI is InChI=1S/C15H18ClN3O2S/c1-9(2)10(3)17-13(20)8-22-15-19-18-14(21-15)11-4-6-12(16)7-5-11/h4-7,9-10H,8H2,1-3H3,(H,17,20). The summed E-state index contributed by atoms with van der Waals surface area (Å²) in [4.78, 5) is 11.8. The Labute approximate surface area is 138 Å². The fourth-order valence-electron chi connectivity index (χ4n) is 1.57. The van der Waals surface area contributed by atoms with E-state index in [4.69, 9.17) is 16.0 Å². The van der Waals surface area contributed by atoms with Crippen LogP contribution in [0.25, 0.3) is 11.5 Å². The van der Waals surface area contributed by atoms with Gasteiger partial charge in [-0.25, -0.2) is 0 Å². The van der Waals surface area contributed by atoms with Crippen molar-refractivity contribution in [1.82, 2.24) is 15.5 Å². The van der Waals surface area contributed by atoms with Gasteiger partial charge in [0.1, 0.15) is 0 Å². The monoisotopic (exact) mass is 339 g/mol. The SMILES string of the molecule is CC(C)C(C)NC(=O)CSc1nnc(-c2ccc(Cl)cc2)o1. The molecule has 7 heteroatoms. The van der Waals surface area contributed by atoms with Crippen LogP contribution in [0.3, 0.4) is 0 Å². The maximum atomic E-state index is 11.8. The average Bonchev–Trinajstić information content (AvgIpc) is 2.94. The van der Waals surface area contributed by atoms with Gasteiger partial charge in [0.2, 0.25) is 11.8 Å². The molecule has 1 unspecified atom stereocenters. The van der Waals surface area contributed by atoms with Crippen LogP contribution in [0.2, 0.25) is 5.02 Å². The van der Waals surface area contributed by atoms with Gasteiger partial charge in [-0.2, -0.15) is 0 Å². The molecule has 0 saturated carbocycles. The number of nitrogens with one attached hydrogen (secondary N) is 1. The number of carbonyl (C=O) groups is 1. The zero-order valence-electron chi connectivity index (χ0n) is 12.7. The molecule has 5 nitrogen and oxygen atoms in total. The maximum Gasteiger partial charge on any atom is 0.277 e. The molecule has 1 atom stereocenters. The van der Waals surface area contributed by atoms with Crippen molar-refractivity contribution in [2.75, 3.05) is 5.75 Å². The maximum absolute atomic E-state index is 11.8.